The lowest BCUT2D eigenvalue weighted by Crippen LogP contribution is -2.39. The minimum Gasteiger partial charge on any atom is -0.478 e. The maximum Gasteiger partial charge on any atom is 0.337 e. The Morgan fingerprint density at radius 3 is 2.50 bits per heavy atom. The molecule has 0 aromatic heterocycles. The number of aromatic carboxylic acids is 1. The molecule has 5 nitrogen and oxygen atoms in total. The first kappa shape index (κ1) is 13.6. The Labute approximate surface area is 106 Å². The fourth-order valence-corrected chi connectivity index (χ4v) is 1.51. The molecule has 0 aliphatic rings. The molecule has 2 amide bonds. The Hall–Kier alpha value is -2.48. The summed E-state index contributed by atoms with van der Waals surface area (Å²) < 4.78 is 0. The highest BCUT2D eigenvalue weighted by Gasteiger charge is 2.19. The number of terminal acetylenes is 1. The molecule has 0 unspecified atom stereocenters. The number of rotatable bonds is 3. The topological polar surface area (TPSA) is 60.9 Å². The average molecular weight is 246 g/mol. The third-order valence-corrected chi connectivity index (χ3v) is 2.44. The molecule has 0 bridgehead atoms. The van der Waals surface area contributed by atoms with Crippen LogP contribution in [0.25, 0.3) is 0 Å². The summed E-state index contributed by atoms with van der Waals surface area (Å²) in [5.41, 5.74) is 0.404. The van der Waals surface area contributed by atoms with E-state index in [1.807, 2.05) is 0 Å². The highest BCUT2D eigenvalue weighted by molar-refractivity contribution is 6.01. The summed E-state index contributed by atoms with van der Waals surface area (Å²) in [4.78, 5) is 25.6. The van der Waals surface area contributed by atoms with Gasteiger partial charge in [0, 0.05) is 14.1 Å². The predicted molar refractivity (Wildman–Crippen MR) is 68.7 cm³/mol. The summed E-state index contributed by atoms with van der Waals surface area (Å²) >= 11 is 0. The summed E-state index contributed by atoms with van der Waals surface area (Å²) in [7, 11) is 3.07. The van der Waals surface area contributed by atoms with Gasteiger partial charge in [-0.25, -0.2) is 9.59 Å². The molecule has 1 rings (SSSR count). The normalized spacial score (nSPS) is 9.39. The van der Waals surface area contributed by atoms with Gasteiger partial charge in [-0.1, -0.05) is 18.1 Å². The van der Waals surface area contributed by atoms with Gasteiger partial charge in [0.1, 0.15) is 0 Å². The molecule has 0 aliphatic heterocycles. The zero-order chi connectivity index (χ0) is 13.7. The van der Waals surface area contributed by atoms with Crippen LogP contribution in [0, 0.1) is 12.3 Å². The van der Waals surface area contributed by atoms with Crippen molar-refractivity contribution in [2.45, 2.75) is 0 Å². The highest BCUT2D eigenvalue weighted by atomic mass is 16.4. The van der Waals surface area contributed by atoms with Crippen molar-refractivity contribution in [3.63, 3.8) is 0 Å². The van der Waals surface area contributed by atoms with Crippen molar-refractivity contribution < 1.29 is 14.7 Å². The number of para-hydroxylation sites is 1. The largest absolute Gasteiger partial charge is 0.478 e. The number of hydrogen-bond donors (Lipinski definition) is 1. The molecule has 0 saturated carbocycles. The molecule has 5 heteroatoms. The van der Waals surface area contributed by atoms with Crippen molar-refractivity contribution in [3.05, 3.63) is 29.8 Å². The molecule has 1 aromatic carbocycles. The van der Waals surface area contributed by atoms with E-state index in [4.69, 9.17) is 11.5 Å². The quantitative estimate of drug-likeness (QED) is 0.822. The first-order chi connectivity index (χ1) is 8.49. The van der Waals surface area contributed by atoms with E-state index in [2.05, 4.69) is 5.92 Å². The molecule has 1 aromatic rings. The van der Waals surface area contributed by atoms with E-state index in [-0.39, 0.29) is 18.1 Å². The monoisotopic (exact) mass is 246 g/mol. The lowest BCUT2D eigenvalue weighted by molar-refractivity contribution is 0.0697. The third kappa shape index (κ3) is 2.80. The van der Waals surface area contributed by atoms with E-state index >= 15 is 0 Å². The van der Waals surface area contributed by atoms with Crippen molar-refractivity contribution in [1.29, 1.82) is 0 Å². The number of carboxylic acid groups (broad SMARTS) is 1. The van der Waals surface area contributed by atoms with Crippen LogP contribution >= 0.6 is 0 Å². The van der Waals surface area contributed by atoms with Crippen molar-refractivity contribution in [3.8, 4) is 12.3 Å². The Kier molecular flexibility index (Phi) is 4.33. The van der Waals surface area contributed by atoms with E-state index < -0.39 is 5.97 Å². The maximum atomic E-state index is 12.0. The lowest BCUT2D eigenvalue weighted by atomic mass is 10.1. The van der Waals surface area contributed by atoms with Crippen molar-refractivity contribution in [2.75, 3.05) is 25.5 Å². The van der Waals surface area contributed by atoms with Gasteiger partial charge in [-0.05, 0) is 12.1 Å². The third-order valence-electron chi connectivity index (χ3n) is 2.44. The van der Waals surface area contributed by atoms with Crippen LogP contribution in [-0.2, 0) is 0 Å². The van der Waals surface area contributed by atoms with E-state index in [9.17, 15) is 9.59 Å². The average Bonchev–Trinajstić information content (AvgIpc) is 2.37. The van der Waals surface area contributed by atoms with Gasteiger partial charge in [0.25, 0.3) is 0 Å². The summed E-state index contributed by atoms with van der Waals surface area (Å²) in [5.74, 6) is 1.28. The molecule has 0 saturated heterocycles. The van der Waals surface area contributed by atoms with Crippen molar-refractivity contribution >= 4 is 17.7 Å². The van der Waals surface area contributed by atoms with Crippen LogP contribution in [0.1, 0.15) is 10.4 Å². The van der Waals surface area contributed by atoms with Crippen molar-refractivity contribution in [2.24, 2.45) is 0 Å². The first-order valence-corrected chi connectivity index (χ1v) is 5.23. The number of carboxylic acids is 1. The summed E-state index contributed by atoms with van der Waals surface area (Å²) in [6.07, 6.45) is 5.13. The number of anilines is 1. The minimum atomic E-state index is -1.08. The van der Waals surface area contributed by atoms with Gasteiger partial charge >= 0.3 is 12.0 Å². The second kappa shape index (κ2) is 5.73. The second-order valence-electron chi connectivity index (χ2n) is 3.72. The van der Waals surface area contributed by atoms with E-state index in [0.717, 1.165) is 0 Å². The molecule has 94 valence electrons. The van der Waals surface area contributed by atoms with E-state index in [1.165, 1.54) is 22.9 Å². The lowest BCUT2D eigenvalue weighted by Gasteiger charge is -2.24. The van der Waals surface area contributed by atoms with Crippen LogP contribution in [0.4, 0.5) is 10.5 Å². The zero-order valence-corrected chi connectivity index (χ0v) is 10.3. The number of urea groups is 1. The summed E-state index contributed by atoms with van der Waals surface area (Å²) in [6, 6.07) is 5.94. The fraction of sp³-hybridized carbons (Fsp3) is 0.231. The van der Waals surface area contributed by atoms with Gasteiger partial charge in [0.05, 0.1) is 17.8 Å². The minimum absolute atomic E-state index is 0.0717. The first-order valence-electron chi connectivity index (χ1n) is 5.23. The molecule has 0 spiro atoms. The molecule has 1 N–H and O–H groups in total. The van der Waals surface area contributed by atoms with Crippen LogP contribution < -0.4 is 4.90 Å². The number of hydrogen-bond acceptors (Lipinski definition) is 2. The van der Waals surface area contributed by atoms with Gasteiger partial charge < -0.3 is 10.0 Å². The Morgan fingerprint density at radius 1 is 1.33 bits per heavy atom. The van der Waals surface area contributed by atoms with Gasteiger partial charge in [-0.3, -0.25) is 4.90 Å². The van der Waals surface area contributed by atoms with Crippen LogP contribution in [0.2, 0.25) is 0 Å². The number of benzene rings is 1. The molecule has 0 atom stereocenters. The fourth-order valence-electron chi connectivity index (χ4n) is 1.51. The smallest absolute Gasteiger partial charge is 0.337 e. The molecular weight excluding hydrogens is 232 g/mol. The van der Waals surface area contributed by atoms with Crippen molar-refractivity contribution in [1.82, 2.24) is 4.90 Å². The number of amides is 2. The van der Waals surface area contributed by atoms with Crippen LogP contribution in [0.3, 0.4) is 0 Å². The molecule has 0 radical (unpaired) electrons. The number of carbonyl (C=O) groups is 2. The van der Waals surface area contributed by atoms with Gasteiger partial charge in [0.2, 0.25) is 0 Å². The number of nitrogens with zero attached hydrogens (tertiary/aromatic N) is 2. The van der Waals surface area contributed by atoms with E-state index in [0.29, 0.717) is 5.69 Å². The second-order valence-corrected chi connectivity index (χ2v) is 3.72. The van der Waals surface area contributed by atoms with Gasteiger partial charge in [0.15, 0.2) is 0 Å². The van der Waals surface area contributed by atoms with E-state index in [1.54, 1.807) is 25.2 Å². The highest BCUT2D eigenvalue weighted by Crippen LogP contribution is 2.20. The zero-order valence-electron chi connectivity index (χ0n) is 10.3. The van der Waals surface area contributed by atoms with Crippen LogP contribution in [0.15, 0.2) is 24.3 Å². The predicted octanol–water partition coefficient (Wildman–Crippen LogP) is 1.51. The Balaban J connectivity index is 3.04. The molecule has 18 heavy (non-hydrogen) atoms. The molecule has 0 heterocycles. The SMILES string of the molecule is C#CCN(C)C(=O)N(C)c1ccccc1C(=O)O. The maximum absolute atomic E-state index is 12.0. The Morgan fingerprint density at radius 2 is 1.94 bits per heavy atom. The van der Waals surface area contributed by atoms with Gasteiger partial charge in [-0.2, -0.15) is 0 Å². The summed E-state index contributed by atoms with van der Waals surface area (Å²) in [5, 5.41) is 9.05. The Bertz CT molecular complexity index is 505. The number of carbonyl (C=O) groups excluding carboxylic acids is 1. The summed E-state index contributed by atoms with van der Waals surface area (Å²) in [6.45, 7) is 0.165. The standard InChI is InChI=1S/C13H14N2O3/c1-4-9-14(2)13(18)15(3)11-8-6-5-7-10(11)12(16)17/h1,5-8H,9H2,2-3H3,(H,16,17). The molecule has 0 fully saturated rings. The van der Waals surface area contributed by atoms with Crippen LogP contribution in [0.5, 0.6) is 0 Å². The molecule has 0 aliphatic carbocycles. The molecular formula is C13H14N2O3. The van der Waals surface area contributed by atoms with Crippen LogP contribution in [-0.4, -0.2) is 42.6 Å². The van der Waals surface area contributed by atoms with Gasteiger partial charge in [-0.15, -0.1) is 6.42 Å².